The third kappa shape index (κ3) is 2.75. The van der Waals surface area contributed by atoms with E-state index in [0.29, 0.717) is 5.92 Å². The van der Waals surface area contributed by atoms with Crippen molar-refractivity contribution in [3.05, 3.63) is 0 Å². The number of nitrogens with two attached hydrogens (primary N) is 1. The van der Waals surface area contributed by atoms with Gasteiger partial charge in [0.2, 0.25) is 0 Å². The van der Waals surface area contributed by atoms with Crippen LogP contribution in [0.2, 0.25) is 0 Å². The van der Waals surface area contributed by atoms with E-state index in [4.69, 9.17) is 5.73 Å². The molecule has 1 nitrogen and oxygen atoms in total. The van der Waals surface area contributed by atoms with Gasteiger partial charge in [-0.2, -0.15) is 0 Å². The van der Waals surface area contributed by atoms with E-state index in [1.165, 1.54) is 0 Å². The quantitative estimate of drug-likeness (QED) is 0.396. The van der Waals surface area contributed by atoms with Crippen LogP contribution >= 0.6 is 0 Å². The molecular formula is C4H13B2N. The summed E-state index contributed by atoms with van der Waals surface area (Å²) in [5.74, 6) is 0.576. The third-order valence-corrected chi connectivity index (χ3v) is 1.49. The Morgan fingerprint density at radius 2 is 1.57 bits per heavy atom. The maximum Gasteiger partial charge on any atom is 0.116 e. The van der Waals surface area contributed by atoms with Gasteiger partial charge in [0.1, 0.15) is 15.7 Å². The van der Waals surface area contributed by atoms with E-state index in [1.54, 1.807) is 0 Å². The fraction of sp³-hybridized carbons (Fsp3) is 1.00. The highest BCUT2D eigenvalue weighted by molar-refractivity contribution is 6.39. The Bertz CT molecular complexity index is 55.2. The van der Waals surface area contributed by atoms with Gasteiger partial charge in [-0.05, 0) is 11.3 Å². The Morgan fingerprint density at radius 1 is 1.43 bits per heavy atom. The fourth-order valence-corrected chi connectivity index (χ4v) is 0. The Hall–Kier alpha value is 0.0899. The molecular weight excluding hydrogens is 83.7 g/mol. The summed E-state index contributed by atoms with van der Waals surface area (Å²) in [7, 11) is 4.08. The average Bonchev–Trinajstić information content (AvgIpc) is 1.31. The molecule has 0 spiro atoms. The Labute approximate surface area is 47.5 Å². The van der Waals surface area contributed by atoms with Gasteiger partial charge in [0.15, 0.2) is 0 Å². The monoisotopic (exact) mass is 97.1 g/mol. The smallest absolute Gasteiger partial charge is 0.116 e. The predicted octanol–water partition coefficient (Wildman–Crippen LogP) is -1.48. The van der Waals surface area contributed by atoms with E-state index in [9.17, 15) is 0 Å². The normalized spacial score (nSPS) is 12.6. The van der Waals surface area contributed by atoms with Crippen molar-refractivity contribution in [1.82, 2.24) is 0 Å². The Balaban J connectivity index is 3.54. The van der Waals surface area contributed by atoms with Crippen LogP contribution in [0.3, 0.4) is 0 Å². The van der Waals surface area contributed by atoms with Crippen molar-refractivity contribution in [2.24, 2.45) is 11.7 Å². The van der Waals surface area contributed by atoms with Crippen LogP contribution in [0.15, 0.2) is 0 Å². The molecule has 0 aromatic heterocycles. The highest BCUT2D eigenvalue weighted by Gasteiger charge is 2.14. The van der Waals surface area contributed by atoms with E-state index < -0.39 is 0 Å². The van der Waals surface area contributed by atoms with Crippen molar-refractivity contribution < 1.29 is 0 Å². The second-order valence-electron chi connectivity index (χ2n) is 2.98. The molecule has 3 heteroatoms. The van der Waals surface area contributed by atoms with Crippen LogP contribution in [0.4, 0.5) is 0 Å². The molecule has 0 fully saturated rings. The van der Waals surface area contributed by atoms with Gasteiger partial charge < -0.3 is 5.73 Å². The molecule has 0 aliphatic heterocycles. The molecule has 0 aromatic rings. The molecule has 0 aliphatic rings. The molecule has 0 rings (SSSR count). The van der Waals surface area contributed by atoms with Crippen molar-refractivity contribution in [2.45, 2.75) is 19.2 Å². The van der Waals surface area contributed by atoms with Crippen LogP contribution in [-0.4, -0.2) is 21.0 Å². The fourth-order valence-electron chi connectivity index (χ4n) is 0. The molecule has 40 valence electrons. The lowest BCUT2D eigenvalue weighted by Gasteiger charge is -2.22. The number of hydrogen-bond acceptors (Lipinski definition) is 1. The molecule has 0 amide bonds. The maximum atomic E-state index is 5.68. The van der Waals surface area contributed by atoms with E-state index in [2.05, 4.69) is 13.8 Å². The highest BCUT2D eigenvalue weighted by Crippen LogP contribution is 2.02. The van der Waals surface area contributed by atoms with E-state index >= 15 is 0 Å². The molecule has 0 saturated heterocycles. The summed E-state index contributed by atoms with van der Waals surface area (Å²) >= 11 is 0. The van der Waals surface area contributed by atoms with Gasteiger partial charge in [-0.3, -0.25) is 0 Å². The standard InChI is InChI=1S/C4H13B2N/c1-3(2)4(5,6)7/h3H,5-7H2,1-2H3. The van der Waals surface area contributed by atoms with Crippen molar-refractivity contribution in [3.63, 3.8) is 0 Å². The van der Waals surface area contributed by atoms with Crippen LogP contribution in [0.1, 0.15) is 13.8 Å². The van der Waals surface area contributed by atoms with Gasteiger partial charge in [0.25, 0.3) is 0 Å². The summed E-state index contributed by atoms with van der Waals surface area (Å²) in [5, 5.41) is 0.000000000000000222. The largest absolute Gasteiger partial charge is 0.340 e. The second-order valence-corrected chi connectivity index (χ2v) is 2.98. The van der Waals surface area contributed by atoms with Crippen molar-refractivity contribution in [1.29, 1.82) is 0 Å². The van der Waals surface area contributed by atoms with E-state index in [0.717, 1.165) is 0 Å². The molecule has 0 saturated carbocycles. The van der Waals surface area contributed by atoms with Crippen LogP contribution < -0.4 is 5.73 Å². The van der Waals surface area contributed by atoms with Crippen molar-refractivity contribution in [3.8, 4) is 0 Å². The van der Waals surface area contributed by atoms with Crippen LogP contribution in [0, 0.1) is 5.92 Å². The van der Waals surface area contributed by atoms with Gasteiger partial charge in [-0.1, -0.05) is 13.8 Å². The Morgan fingerprint density at radius 3 is 1.57 bits per heavy atom. The molecule has 0 aromatic carbocycles. The first kappa shape index (κ1) is 7.09. The second kappa shape index (κ2) is 1.91. The van der Waals surface area contributed by atoms with Gasteiger partial charge in [-0.25, -0.2) is 0 Å². The number of hydrogen-bond donors (Lipinski definition) is 1. The minimum atomic E-state index is 0.000000000000000222. The summed E-state index contributed by atoms with van der Waals surface area (Å²) in [4.78, 5) is 0. The molecule has 0 unspecified atom stereocenters. The lowest BCUT2D eigenvalue weighted by Crippen LogP contribution is -2.46. The maximum absolute atomic E-state index is 5.68. The van der Waals surface area contributed by atoms with Crippen molar-refractivity contribution in [2.75, 3.05) is 0 Å². The van der Waals surface area contributed by atoms with Gasteiger partial charge in [-0.15, -0.1) is 0 Å². The van der Waals surface area contributed by atoms with Crippen molar-refractivity contribution >= 4 is 15.7 Å². The first-order valence-electron chi connectivity index (χ1n) is 2.73. The van der Waals surface area contributed by atoms with E-state index in [1.807, 2.05) is 15.7 Å². The zero-order chi connectivity index (χ0) is 6.08. The molecule has 0 bridgehead atoms. The van der Waals surface area contributed by atoms with Crippen LogP contribution in [0.5, 0.6) is 0 Å². The zero-order valence-corrected chi connectivity index (χ0v) is 5.65. The molecule has 2 N–H and O–H groups in total. The third-order valence-electron chi connectivity index (χ3n) is 1.49. The van der Waals surface area contributed by atoms with Gasteiger partial charge in [0, 0.05) is 0 Å². The lowest BCUT2D eigenvalue weighted by atomic mass is 9.57. The molecule has 0 heterocycles. The summed E-state index contributed by atoms with van der Waals surface area (Å²) in [6.07, 6.45) is 0. The molecule has 7 heavy (non-hydrogen) atoms. The van der Waals surface area contributed by atoms with Gasteiger partial charge >= 0.3 is 0 Å². The first-order valence-corrected chi connectivity index (χ1v) is 2.73. The van der Waals surface area contributed by atoms with Gasteiger partial charge in [0.05, 0.1) is 0 Å². The highest BCUT2D eigenvalue weighted by atomic mass is 14.6. The minimum absolute atomic E-state index is 0.000000000000000222. The summed E-state index contributed by atoms with van der Waals surface area (Å²) in [6, 6.07) is 0. The molecule has 0 aliphatic carbocycles. The zero-order valence-electron chi connectivity index (χ0n) is 5.65. The van der Waals surface area contributed by atoms with E-state index in [-0.39, 0.29) is 5.34 Å². The lowest BCUT2D eigenvalue weighted by molar-refractivity contribution is 0.565. The molecule has 0 atom stereocenters. The van der Waals surface area contributed by atoms with Crippen LogP contribution in [-0.2, 0) is 0 Å². The van der Waals surface area contributed by atoms with Crippen LogP contribution in [0.25, 0.3) is 0 Å². The molecule has 0 radical (unpaired) electrons. The summed E-state index contributed by atoms with van der Waals surface area (Å²) in [6.45, 7) is 4.25. The number of rotatable bonds is 1. The first-order chi connectivity index (χ1) is 2.94. The average molecular weight is 96.8 g/mol. The SMILES string of the molecule is BC(B)(N)C(C)C. The Kier molecular flexibility index (Phi) is 1.93. The predicted molar refractivity (Wildman–Crippen MR) is 38.8 cm³/mol. The topological polar surface area (TPSA) is 26.0 Å². The summed E-state index contributed by atoms with van der Waals surface area (Å²) in [5.41, 5.74) is 5.68. The minimum Gasteiger partial charge on any atom is -0.340 e. The summed E-state index contributed by atoms with van der Waals surface area (Å²) < 4.78 is 0.